The molecule has 5 heteroatoms. The van der Waals surface area contributed by atoms with Gasteiger partial charge in [0.25, 0.3) is 0 Å². The van der Waals surface area contributed by atoms with Crippen molar-refractivity contribution in [1.82, 2.24) is 0 Å². The lowest BCUT2D eigenvalue weighted by Gasteiger charge is -2.35. The van der Waals surface area contributed by atoms with Gasteiger partial charge in [-0.3, -0.25) is 0 Å². The third-order valence-corrected chi connectivity index (χ3v) is 3.92. The third kappa shape index (κ3) is 5.59. The SMILES string of the molecule is C=C/C=C/[C@H]1COC(c2ccc(OC)cc2)O[C@H]1C/C=C/C(=O)OC. The third-order valence-electron chi connectivity index (χ3n) is 3.92. The molecule has 1 aliphatic heterocycles. The van der Waals surface area contributed by atoms with Crippen molar-refractivity contribution in [3.05, 3.63) is 66.8 Å². The first-order chi connectivity index (χ1) is 12.2. The Balaban J connectivity index is 2.08. The molecule has 0 spiro atoms. The van der Waals surface area contributed by atoms with Crippen LogP contribution < -0.4 is 4.74 Å². The zero-order valence-electron chi connectivity index (χ0n) is 14.6. The zero-order chi connectivity index (χ0) is 18.1. The van der Waals surface area contributed by atoms with Crippen LogP contribution in [0.2, 0.25) is 0 Å². The Hall–Kier alpha value is -2.37. The fourth-order valence-corrected chi connectivity index (χ4v) is 2.54. The van der Waals surface area contributed by atoms with Crippen molar-refractivity contribution in [2.24, 2.45) is 5.92 Å². The maximum atomic E-state index is 11.2. The van der Waals surface area contributed by atoms with Gasteiger partial charge in [-0.25, -0.2) is 4.79 Å². The van der Waals surface area contributed by atoms with Crippen LogP contribution in [0.1, 0.15) is 18.3 Å². The molecule has 1 fully saturated rings. The van der Waals surface area contributed by atoms with Gasteiger partial charge in [0.15, 0.2) is 6.29 Å². The van der Waals surface area contributed by atoms with Crippen molar-refractivity contribution < 1.29 is 23.7 Å². The Morgan fingerprint density at radius 1 is 1.32 bits per heavy atom. The predicted molar refractivity (Wildman–Crippen MR) is 95.2 cm³/mol. The van der Waals surface area contributed by atoms with Crippen LogP contribution in [0.15, 0.2) is 61.2 Å². The lowest BCUT2D eigenvalue weighted by molar-refractivity contribution is -0.232. The van der Waals surface area contributed by atoms with E-state index in [1.54, 1.807) is 19.3 Å². The average molecular weight is 344 g/mol. The Labute approximate surface area is 148 Å². The molecule has 1 aliphatic rings. The van der Waals surface area contributed by atoms with Crippen molar-refractivity contribution in [2.45, 2.75) is 18.8 Å². The van der Waals surface area contributed by atoms with E-state index in [0.29, 0.717) is 13.0 Å². The summed E-state index contributed by atoms with van der Waals surface area (Å²) in [5.41, 5.74) is 0.925. The summed E-state index contributed by atoms with van der Waals surface area (Å²) in [5.74, 6) is 0.482. The molecule has 25 heavy (non-hydrogen) atoms. The van der Waals surface area contributed by atoms with Crippen molar-refractivity contribution in [1.29, 1.82) is 0 Å². The lowest BCUT2D eigenvalue weighted by Crippen LogP contribution is -2.35. The van der Waals surface area contributed by atoms with Crippen LogP contribution >= 0.6 is 0 Å². The first-order valence-corrected chi connectivity index (χ1v) is 8.12. The molecular formula is C20H24O5. The highest BCUT2D eigenvalue weighted by Gasteiger charge is 2.30. The van der Waals surface area contributed by atoms with Crippen molar-refractivity contribution >= 4 is 5.97 Å². The van der Waals surface area contributed by atoms with Gasteiger partial charge in [-0.2, -0.15) is 0 Å². The summed E-state index contributed by atoms with van der Waals surface area (Å²) in [5, 5.41) is 0. The summed E-state index contributed by atoms with van der Waals surface area (Å²) < 4.78 is 21.8. The standard InChI is InChI=1S/C20H24O5/c1-4-5-7-16-14-24-20(15-10-12-17(22-2)13-11-15)25-18(16)8-6-9-19(21)23-3/h4-7,9-13,16,18,20H,1,8,14H2,2-3H3/b7-5+,9-6+/t16-,18-,20?/m0/s1. The molecule has 0 bridgehead atoms. The van der Waals surface area contributed by atoms with Gasteiger partial charge >= 0.3 is 5.97 Å². The number of esters is 1. The quantitative estimate of drug-likeness (QED) is 0.430. The molecule has 134 valence electrons. The number of benzene rings is 1. The number of hydrogen-bond donors (Lipinski definition) is 0. The molecule has 0 radical (unpaired) electrons. The van der Waals surface area contributed by atoms with E-state index in [-0.39, 0.29) is 18.0 Å². The second-order valence-electron chi connectivity index (χ2n) is 5.56. The van der Waals surface area contributed by atoms with Crippen molar-refractivity contribution in [3.63, 3.8) is 0 Å². The van der Waals surface area contributed by atoms with E-state index < -0.39 is 6.29 Å². The van der Waals surface area contributed by atoms with E-state index in [2.05, 4.69) is 11.3 Å². The molecule has 1 heterocycles. The molecule has 3 atom stereocenters. The fourth-order valence-electron chi connectivity index (χ4n) is 2.54. The van der Waals surface area contributed by atoms with E-state index in [0.717, 1.165) is 11.3 Å². The van der Waals surface area contributed by atoms with Crippen LogP contribution in [0.4, 0.5) is 0 Å². The van der Waals surface area contributed by atoms with Gasteiger partial charge in [0.05, 0.1) is 26.9 Å². The molecule has 0 aromatic heterocycles. The number of hydrogen-bond acceptors (Lipinski definition) is 5. The molecule has 1 unspecified atom stereocenters. The predicted octanol–water partition coefficient (Wildman–Crippen LogP) is 3.59. The zero-order valence-corrected chi connectivity index (χ0v) is 14.6. The fraction of sp³-hybridized carbons (Fsp3) is 0.350. The first kappa shape index (κ1) is 19.0. The summed E-state index contributed by atoms with van der Waals surface area (Å²) in [6.45, 7) is 4.22. The highest BCUT2D eigenvalue weighted by molar-refractivity contribution is 5.81. The van der Waals surface area contributed by atoms with Gasteiger partial charge in [0.2, 0.25) is 0 Å². The molecule has 5 nitrogen and oxygen atoms in total. The molecule has 0 aliphatic carbocycles. The minimum atomic E-state index is -0.448. The van der Waals surface area contributed by atoms with Crippen LogP contribution in [0.3, 0.4) is 0 Å². The maximum Gasteiger partial charge on any atom is 0.330 e. The van der Waals surface area contributed by atoms with E-state index >= 15 is 0 Å². The molecule has 2 rings (SSSR count). The topological polar surface area (TPSA) is 54.0 Å². The van der Waals surface area contributed by atoms with Gasteiger partial charge in [-0.1, -0.05) is 43.0 Å². The normalized spacial score (nSPS) is 23.7. The lowest BCUT2D eigenvalue weighted by atomic mass is 9.98. The smallest absolute Gasteiger partial charge is 0.330 e. The Morgan fingerprint density at radius 2 is 2.08 bits per heavy atom. The van der Waals surface area contributed by atoms with Crippen LogP contribution in [-0.4, -0.2) is 32.9 Å². The summed E-state index contributed by atoms with van der Waals surface area (Å²) in [7, 11) is 2.98. The number of ether oxygens (including phenoxy) is 4. The molecule has 0 N–H and O–H groups in total. The largest absolute Gasteiger partial charge is 0.497 e. The van der Waals surface area contributed by atoms with Crippen molar-refractivity contribution in [2.75, 3.05) is 20.8 Å². The van der Waals surface area contributed by atoms with Crippen LogP contribution in [0.5, 0.6) is 5.75 Å². The van der Waals surface area contributed by atoms with Gasteiger partial charge in [0.1, 0.15) is 5.75 Å². The molecule has 0 amide bonds. The molecule has 1 aromatic rings. The number of carbonyl (C=O) groups is 1. The van der Waals surface area contributed by atoms with Gasteiger partial charge in [-0.15, -0.1) is 0 Å². The van der Waals surface area contributed by atoms with E-state index in [1.165, 1.54) is 13.2 Å². The second-order valence-corrected chi connectivity index (χ2v) is 5.56. The number of rotatable bonds is 7. The summed E-state index contributed by atoms with van der Waals surface area (Å²) >= 11 is 0. The summed E-state index contributed by atoms with van der Waals surface area (Å²) in [4.78, 5) is 11.2. The van der Waals surface area contributed by atoms with Gasteiger partial charge in [0, 0.05) is 17.6 Å². The molecule has 0 saturated carbocycles. The minimum Gasteiger partial charge on any atom is -0.497 e. The number of carbonyl (C=O) groups excluding carboxylic acids is 1. The van der Waals surface area contributed by atoms with E-state index in [9.17, 15) is 4.79 Å². The second kappa shape index (κ2) is 9.81. The van der Waals surface area contributed by atoms with Crippen LogP contribution in [0, 0.1) is 5.92 Å². The maximum absolute atomic E-state index is 11.2. The molecule has 1 aromatic carbocycles. The minimum absolute atomic E-state index is 0.0785. The molecule has 1 saturated heterocycles. The van der Waals surface area contributed by atoms with E-state index in [4.69, 9.17) is 14.2 Å². The van der Waals surface area contributed by atoms with Gasteiger partial charge in [-0.05, 0) is 18.6 Å². The highest BCUT2D eigenvalue weighted by atomic mass is 16.7. The van der Waals surface area contributed by atoms with Crippen LogP contribution in [0.25, 0.3) is 0 Å². The number of methoxy groups -OCH3 is 2. The van der Waals surface area contributed by atoms with E-state index in [1.807, 2.05) is 36.4 Å². The average Bonchev–Trinajstić information content (AvgIpc) is 2.66. The molecular weight excluding hydrogens is 320 g/mol. The van der Waals surface area contributed by atoms with Crippen molar-refractivity contribution in [3.8, 4) is 5.75 Å². The van der Waals surface area contributed by atoms with Crippen LogP contribution in [-0.2, 0) is 19.0 Å². The Morgan fingerprint density at radius 3 is 2.72 bits per heavy atom. The first-order valence-electron chi connectivity index (χ1n) is 8.12. The Bertz CT molecular complexity index is 617. The number of allylic oxidation sites excluding steroid dienone is 2. The Kier molecular flexibility index (Phi) is 7.44. The van der Waals surface area contributed by atoms with Gasteiger partial charge < -0.3 is 18.9 Å². The summed E-state index contributed by atoms with van der Waals surface area (Å²) in [6.07, 6.45) is 8.80. The monoisotopic (exact) mass is 344 g/mol. The summed E-state index contributed by atoms with van der Waals surface area (Å²) in [6, 6.07) is 7.59. The highest BCUT2D eigenvalue weighted by Crippen LogP contribution is 2.32.